The minimum absolute atomic E-state index is 0.303. The molecular formula is C16H20ClNO2. The second-order valence-electron chi connectivity index (χ2n) is 4.96. The summed E-state index contributed by atoms with van der Waals surface area (Å²) < 4.78 is 5.30. The van der Waals surface area contributed by atoms with Crippen molar-refractivity contribution >= 4 is 11.6 Å². The van der Waals surface area contributed by atoms with Gasteiger partial charge < -0.3 is 14.8 Å². The van der Waals surface area contributed by atoms with E-state index in [0.717, 1.165) is 24.2 Å². The molecule has 1 aromatic heterocycles. The summed E-state index contributed by atoms with van der Waals surface area (Å²) in [5.74, 6) is 0.991. The third-order valence-corrected chi connectivity index (χ3v) is 3.67. The molecule has 20 heavy (non-hydrogen) atoms. The van der Waals surface area contributed by atoms with Gasteiger partial charge >= 0.3 is 0 Å². The van der Waals surface area contributed by atoms with Gasteiger partial charge in [-0.1, -0.05) is 29.8 Å². The van der Waals surface area contributed by atoms with Crippen LogP contribution in [0, 0.1) is 0 Å². The van der Waals surface area contributed by atoms with Gasteiger partial charge in [0.2, 0.25) is 0 Å². The highest BCUT2D eigenvalue weighted by Gasteiger charge is 2.12. The predicted octanol–water partition coefficient (Wildman–Crippen LogP) is 3.58. The number of aliphatic hydroxyl groups is 1. The Morgan fingerprint density at radius 1 is 1.25 bits per heavy atom. The summed E-state index contributed by atoms with van der Waals surface area (Å²) in [6.07, 6.45) is 2.95. The Labute approximate surface area is 124 Å². The summed E-state index contributed by atoms with van der Waals surface area (Å²) in [6.45, 7) is 2.59. The zero-order valence-electron chi connectivity index (χ0n) is 11.6. The molecule has 0 aliphatic rings. The fraction of sp³-hybridized carbons (Fsp3) is 0.375. The Bertz CT molecular complexity index is 513. The summed E-state index contributed by atoms with van der Waals surface area (Å²) >= 11 is 6.06. The van der Waals surface area contributed by atoms with E-state index in [4.69, 9.17) is 16.0 Å². The molecule has 0 saturated heterocycles. The van der Waals surface area contributed by atoms with Crippen LogP contribution < -0.4 is 5.32 Å². The van der Waals surface area contributed by atoms with Crippen molar-refractivity contribution < 1.29 is 9.52 Å². The summed E-state index contributed by atoms with van der Waals surface area (Å²) in [6, 6.07) is 11.6. The molecule has 3 nitrogen and oxygen atoms in total. The maximum atomic E-state index is 10.1. The molecule has 2 aromatic rings. The topological polar surface area (TPSA) is 45.4 Å². The highest BCUT2D eigenvalue weighted by Crippen LogP contribution is 2.22. The molecule has 2 atom stereocenters. The first kappa shape index (κ1) is 15.1. The lowest BCUT2D eigenvalue weighted by atomic mass is 10.1. The van der Waals surface area contributed by atoms with Gasteiger partial charge in [0.15, 0.2) is 0 Å². The van der Waals surface area contributed by atoms with Gasteiger partial charge in [0.05, 0.1) is 12.4 Å². The predicted molar refractivity (Wildman–Crippen MR) is 80.9 cm³/mol. The molecule has 0 amide bonds. The molecule has 4 heteroatoms. The Morgan fingerprint density at radius 2 is 2.05 bits per heavy atom. The highest BCUT2D eigenvalue weighted by atomic mass is 35.5. The maximum Gasteiger partial charge on any atom is 0.103 e. The zero-order valence-corrected chi connectivity index (χ0v) is 12.3. The van der Waals surface area contributed by atoms with Crippen LogP contribution in [0.1, 0.15) is 30.8 Å². The van der Waals surface area contributed by atoms with E-state index in [9.17, 15) is 5.11 Å². The van der Waals surface area contributed by atoms with Gasteiger partial charge in [-0.25, -0.2) is 0 Å². The van der Waals surface area contributed by atoms with Gasteiger partial charge in [0, 0.05) is 29.6 Å². The van der Waals surface area contributed by atoms with Crippen LogP contribution in [0.25, 0.3) is 0 Å². The first-order valence-electron chi connectivity index (χ1n) is 6.85. The monoisotopic (exact) mass is 293 g/mol. The van der Waals surface area contributed by atoms with Crippen LogP contribution in [-0.2, 0) is 6.42 Å². The van der Waals surface area contributed by atoms with E-state index in [0.29, 0.717) is 17.6 Å². The third kappa shape index (κ3) is 4.37. The molecule has 2 unspecified atom stereocenters. The van der Waals surface area contributed by atoms with Crippen molar-refractivity contribution in [3.05, 3.63) is 59.0 Å². The first-order chi connectivity index (χ1) is 9.66. The van der Waals surface area contributed by atoms with Crippen molar-refractivity contribution in [3.8, 4) is 0 Å². The van der Waals surface area contributed by atoms with Crippen molar-refractivity contribution in [2.45, 2.75) is 31.9 Å². The lowest BCUT2D eigenvalue weighted by molar-refractivity contribution is 0.170. The molecule has 0 aliphatic carbocycles. The number of nitrogens with one attached hydrogen (secondary N) is 1. The van der Waals surface area contributed by atoms with Crippen LogP contribution in [0.5, 0.6) is 0 Å². The van der Waals surface area contributed by atoms with E-state index in [1.165, 1.54) is 0 Å². The number of aliphatic hydroxyl groups excluding tert-OH is 1. The second kappa shape index (κ2) is 7.48. The van der Waals surface area contributed by atoms with Gasteiger partial charge in [-0.15, -0.1) is 0 Å². The Morgan fingerprint density at radius 3 is 2.75 bits per heavy atom. The number of hydrogen-bond acceptors (Lipinski definition) is 3. The van der Waals surface area contributed by atoms with Gasteiger partial charge in [0.25, 0.3) is 0 Å². The van der Waals surface area contributed by atoms with Crippen molar-refractivity contribution in [1.29, 1.82) is 0 Å². The molecule has 0 radical (unpaired) electrons. The van der Waals surface area contributed by atoms with E-state index in [2.05, 4.69) is 12.2 Å². The van der Waals surface area contributed by atoms with Crippen LogP contribution >= 0.6 is 11.6 Å². The van der Waals surface area contributed by atoms with Crippen LogP contribution in [0.4, 0.5) is 0 Å². The molecule has 0 spiro atoms. The molecule has 1 aromatic carbocycles. The van der Waals surface area contributed by atoms with E-state index in [-0.39, 0.29) is 0 Å². The van der Waals surface area contributed by atoms with Crippen LogP contribution in [-0.4, -0.2) is 17.7 Å². The summed E-state index contributed by atoms with van der Waals surface area (Å²) in [5.41, 5.74) is 0.764. The zero-order chi connectivity index (χ0) is 14.4. The van der Waals surface area contributed by atoms with Crippen LogP contribution in [0.2, 0.25) is 5.02 Å². The minimum Gasteiger partial charge on any atom is -0.469 e. The number of rotatable bonds is 7. The fourth-order valence-corrected chi connectivity index (χ4v) is 2.35. The lowest BCUT2D eigenvalue weighted by Crippen LogP contribution is -2.30. The number of hydrogen-bond donors (Lipinski definition) is 2. The minimum atomic E-state index is -0.588. The smallest absolute Gasteiger partial charge is 0.103 e. The molecule has 108 valence electrons. The van der Waals surface area contributed by atoms with E-state index in [1.807, 2.05) is 30.3 Å². The summed E-state index contributed by atoms with van der Waals surface area (Å²) in [5, 5.41) is 14.1. The van der Waals surface area contributed by atoms with Gasteiger partial charge in [-0.3, -0.25) is 0 Å². The Balaban J connectivity index is 1.75. The standard InChI is InChI=1S/C16H20ClNO2/c1-12(8-9-13-5-4-10-20-13)18-11-16(19)14-6-2-3-7-15(14)17/h2-7,10,12,16,18-19H,8-9,11H2,1H3. The number of aryl methyl sites for hydroxylation is 1. The summed E-state index contributed by atoms with van der Waals surface area (Å²) in [7, 11) is 0. The third-order valence-electron chi connectivity index (χ3n) is 3.33. The first-order valence-corrected chi connectivity index (χ1v) is 7.23. The average molecular weight is 294 g/mol. The quantitative estimate of drug-likeness (QED) is 0.820. The highest BCUT2D eigenvalue weighted by molar-refractivity contribution is 6.31. The van der Waals surface area contributed by atoms with E-state index in [1.54, 1.807) is 12.3 Å². The normalized spacial score (nSPS) is 14.2. The lowest BCUT2D eigenvalue weighted by Gasteiger charge is -2.17. The number of halogens is 1. The maximum absolute atomic E-state index is 10.1. The molecule has 2 rings (SSSR count). The van der Waals surface area contributed by atoms with Crippen molar-refractivity contribution in [3.63, 3.8) is 0 Å². The molecule has 0 bridgehead atoms. The molecule has 0 saturated carbocycles. The molecule has 1 heterocycles. The van der Waals surface area contributed by atoms with Crippen LogP contribution in [0.15, 0.2) is 47.1 Å². The number of benzene rings is 1. The Kier molecular flexibility index (Phi) is 5.65. The van der Waals surface area contributed by atoms with Crippen LogP contribution in [0.3, 0.4) is 0 Å². The SMILES string of the molecule is CC(CCc1ccco1)NCC(O)c1ccccc1Cl. The van der Waals surface area contributed by atoms with Gasteiger partial charge in [-0.05, 0) is 31.5 Å². The second-order valence-corrected chi connectivity index (χ2v) is 5.37. The van der Waals surface area contributed by atoms with Gasteiger partial charge in [-0.2, -0.15) is 0 Å². The van der Waals surface area contributed by atoms with E-state index >= 15 is 0 Å². The molecule has 2 N–H and O–H groups in total. The molecule has 0 aliphatic heterocycles. The van der Waals surface area contributed by atoms with Crippen molar-refractivity contribution in [1.82, 2.24) is 5.32 Å². The van der Waals surface area contributed by atoms with Gasteiger partial charge in [0.1, 0.15) is 5.76 Å². The van der Waals surface area contributed by atoms with Crippen molar-refractivity contribution in [2.24, 2.45) is 0 Å². The average Bonchev–Trinajstić information content (AvgIpc) is 2.96. The Hall–Kier alpha value is -1.29. The van der Waals surface area contributed by atoms with Crippen molar-refractivity contribution in [2.75, 3.05) is 6.54 Å². The van der Waals surface area contributed by atoms with E-state index < -0.39 is 6.10 Å². The fourth-order valence-electron chi connectivity index (χ4n) is 2.08. The molecular weight excluding hydrogens is 274 g/mol. The molecule has 0 fully saturated rings. The number of furan rings is 1. The largest absolute Gasteiger partial charge is 0.469 e. The summed E-state index contributed by atoms with van der Waals surface area (Å²) in [4.78, 5) is 0.